The molecule has 63 valence electrons. The number of ketones is 1. The van der Waals surface area contributed by atoms with Crippen LogP contribution in [0.3, 0.4) is 0 Å². The van der Waals surface area contributed by atoms with Crippen LogP contribution in [0.4, 0.5) is 0 Å². The van der Waals surface area contributed by atoms with E-state index in [0.29, 0.717) is 6.61 Å². The van der Waals surface area contributed by atoms with Crippen LogP contribution in [-0.2, 0) is 19.1 Å². The van der Waals surface area contributed by atoms with Gasteiger partial charge in [-0.25, -0.2) is 0 Å². The van der Waals surface area contributed by atoms with E-state index in [1.165, 1.54) is 13.4 Å². The van der Waals surface area contributed by atoms with Gasteiger partial charge in [0.25, 0.3) is 0 Å². The lowest BCUT2D eigenvalue weighted by Crippen LogP contribution is -2.29. The van der Waals surface area contributed by atoms with Crippen molar-refractivity contribution in [3.63, 3.8) is 0 Å². The molecule has 0 bridgehead atoms. The van der Waals surface area contributed by atoms with Crippen LogP contribution < -0.4 is 0 Å². The van der Waals surface area contributed by atoms with Crippen molar-refractivity contribution in [2.45, 2.75) is 13.0 Å². The molecule has 0 amide bonds. The van der Waals surface area contributed by atoms with Gasteiger partial charge in [-0.3, -0.25) is 9.59 Å². The standard InChI is InChI=1S/C7H11O4/c1-3-11-7(4-8)6(9)5-10-2/h7H,3,5H2,1-2H3. The van der Waals surface area contributed by atoms with E-state index in [9.17, 15) is 9.59 Å². The van der Waals surface area contributed by atoms with Crippen LogP contribution in [0.5, 0.6) is 0 Å². The second-order valence-electron chi connectivity index (χ2n) is 1.85. The highest BCUT2D eigenvalue weighted by molar-refractivity contribution is 5.97. The van der Waals surface area contributed by atoms with Crippen LogP contribution in [0.2, 0.25) is 0 Å². The fraction of sp³-hybridized carbons (Fsp3) is 0.714. The molecule has 0 rings (SSSR count). The summed E-state index contributed by atoms with van der Waals surface area (Å²) in [5.74, 6) is -0.399. The van der Waals surface area contributed by atoms with E-state index in [4.69, 9.17) is 4.74 Å². The molecular formula is C7H11O4. The highest BCUT2D eigenvalue weighted by Gasteiger charge is 2.17. The van der Waals surface area contributed by atoms with E-state index in [1.807, 2.05) is 0 Å². The first kappa shape index (κ1) is 10.3. The van der Waals surface area contributed by atoms with Gasteiger partial charge in [0.2, 0.25) is 6.29 Å². The van der Waals surface area contributed by atoms with Crippen LogP contribution in [0.1, 0.15) is 6.92 Å². The van der Waals surface area contributed by atoms with Crippen molar-refractivity contribution in [1.82, 2.24) is 0 Å². The molecule has 0 aromatic carbocycles. The Labute approximate surface area is 65.5 Å². The van der Waals surface area contributed by atoms with Gasteiger partial charge in [-0.2, -0.15) is 0 Å². The van der Waals surface area contributed by atoms with Crippen LogP contribution in [-0.4, -0.2) is 38.5 Å². The monoisotopic (exact) mass is 159 g/mol. The molecule has 1 radical (unpaired) electrons. The Morgan fingerprint density at radius 1 is 1.64 bits per heavy atom. The number of hydrogen-bond donors (Lipinski definition) is 0. The summed E-state index contributed by atoms with van der Waals surface area (Å²) in [6.45, 7) is 1.90. The zero-order chi connectivity index (χ0) is 8.69. The van der Waals surface area contributed by atoms with Gasteiger partial charge in [-0.05, 0) is 6.92 Å². The van der Waals surface area contributed by atoms with Crippen molar-refractivity contribution in [2.24, 2.45) is 0 Å². The Morgan fingerprint density at radius 3 is 2.64 bits per heavy atom. The van der Waals surface area contributed by atoms with Crippen molar-refractivity contribution < 1.29 is 19.1 Å². The molecule has 0 saturated carbocycles. The lowest BCUT2D eigenvalue weighted by atomic mass is 10.2. The van der Waals surface area contributed by atoms with Gasteiger partial charge in [-0.1, -0.05) is 0 Å². The Balaban J connectivity index is 3.81. The summed E-state index contributed by atoms with van der Waals surface area (Å²) >= 11 is 0. The van der Waals surface area contributed by atoms with Crippen LogP contribution >= 0.6 is 0 Å². The molecule has 0 aliphatic heterocycles. The van der Waals surface area contributed by atoms with E-state index in [0.717, 1.165) is 0 Å². The summed E-state index contributed by atoms with van der Waals surface area (Å²) in [5, 5.41) is 0. The van der Waals surface area contributed by atoms with Gasteiger partial charge in [0, 0.05) is 13.7 Å². The van der Waals surface area contributed by atoms with Crippen molar-refractivity contribution in [3.05, 3.63) is 0 Å². The van der Waals surface area contributed by atoms with E-state index in [-0.39, 0.29) is 6.61 Å². The highest BCUT2D eigenvalue weighted by Crippen LogP contribution is 1.90. The Bertz CT molecular complexity index is 132. The number of methoxy groups -OCH3 is 1. The minimum atomic E-state index is -1.08. The number of rotatable bonds is 6. The molecule has 0 spiro atoms. The third-order valence-corrected chi connectivity index (χ3v) is 1.02. The predicted molar refractivity (Wildman–Crippen MR) is 38.0 cm³/mol. The topological polar surface area (TPSA) is 52.6 Å². The molecular weight excluding hydrogens is 148 g/mol. The average molecular weight is 159 g/mol. The number of carbonyl (C=O) groups excluding carboxylic acids is 2. The first-order chi connectivity index (χ1) is 5.26. The molecule has 4 heteroatoms. The van der Waals surface area contributed by atoms with Gasteiger partial charge in [-0.15, -0.1) is 0 Å². The maximum atomic E-state index is 10.9. The van der Waals surface area contributed by atoms with Crippen LogP contribution in [0, 0.1) is 0 Å². The summed E-state index contributed by atoms with van der Waals surface area (Å²) in [5.41, 5.74) is 0. The molecule has 0 aliphatic rings. The normalized spacial score (nSPS) is 12.5. The fourth-order valence-corrected chi connectivity index (χ4v) is 0.577. The van der Waals surface area contributed by atoms with Gasteiger partial charge in [0.1, 0.15) is 6.61 Å². The van der Waals surface area contributed by atoms with Crippen molar-refractivity contribution in [1.29, 1.82) is 0 Å². The molecule has 1 unspecified atom stereocenters. The van der Waals surface area contributed by atoms with E-state index in [1.54, 1.807) is 6.92 Å². The molecule has 0 heterocycles. The van der Waals surface area contributed by atoms with Crippen molar-refractivity contribution in [2.75, 3.05) is 20.3 Å². The fourth-order valence-electron chi connectivity index (χ4n) is 0.577. The number of Topliss-reactive ketones (excluding diaryl/α,β-unsaturated/α-hetero) is 1. The first-order valence-corrected chi connectivity index (χ1v) is 3.27. The molecule has 0 N–H and O–H groups in total. The summed E-state index contributed by atoms with van der Waals surface area (Å²) in [7, 11) is 1.38. The summed E-state index contributed by atoms with van der Waals surface area (Å²) in [4.78, 5) is 20.9. The zero-order valence-electron chi connectivity index (χ0n) is 6.62. The molecule has 11 heavy (non-hydrogen) atoms. The van der Waals surface area contributed by atoms with Crippen molar-refractivity contribution >= 4 is 12.1 Å². The van der Waals surface area contributed by atoms with E-state index in [2.05, 4.69) is 4.74 Å². The molecule has 0 aromatic rings. The van der Waals surface area contributed by atoms with Crippen molar-refractivity contribution in [3.8, 4) is 0 Å². The highest BCUT2D eigenvalue weighted by atomic mass is 16.5. The number of ether oxygens (including phenoxy) is 2. The second-order valence-corrected chi connectivity index (χ2v) is 1.85. The molecule has 4 nitrogen and oxygen atoms in total. The molecule has 0 saturated heterocycles. The zero-order valence-corrected chi connectivity index (χ0v) is 6.62. The average Bonchev–Trinajstić information content (AvgIpc) is 2.00. The predicted octanol–water partition coefficient (Wildman–Crippen LogP) is -0.283. The van der Waals surface area contributed by atoms with E-state index >= 15 is 0 Å². The third-order valence-electron chi connectivity index (χ3n) is 1.02. The Hall–Kier alpha value is -0.740. The summed E-state index contributed by atoms with van der Waals surface area (Å²) in [6, 6.07) is 0. The lowest BCUT2D eigenvalue weighted by molar-refractivity contribution is -0.130. The second kappa shape index (κ2) is 6.00. The van der Waals surface area contributed by atoms with Gasteiger partial charge in [0.05, 0.1) is 0 Å². The van der Waals surface area contributed by atoms with E-state index < -0.39 is 11.9 Å². The number of hydrogen-bond acceptors (Lipinski definition) is 4. The maximum Gasteiger partial charge on any atom is 0.238 e. The smallest absolute Gasteiger partial charge is 0.238 e. The van der Waals surface area contributed by atoms with Gasteiger partial charge >= 0.3 is 0 Å². The van der Waals surface area contributed by atoms with Gasteiger partial charge in [0.15, 0.2) is 11.9 Å². The first-order valence-electron chi connectivity index (χ1n) is 3.27. The minimum Gasteiger partial charge on any atom is -0.377 e. The lowest BCUT2D eigenvalue weighted by Gasteiger charge is -2.06. The number of carbonyl (C=O) groups is 1. The molecule has 0 fully saturated rings. The quantitative estimate of drug-likeness (QED) is 0.500. The minimum absolute atomic E-state index is 0.111. The molecule has 0 aliphatic carbocycles. The molecule has 0 aromatic heterocycles. The van der Waals surface area contributed by atoms with Gasteiger partial charge < -0.3 is 9.47 Å². The SMILES string of the molecule is CCOC([C]=O)C(=O)COC. The van der Waals surface area contributed by atoms with Crippen LogP contribution in [0.25, 0.3) is 0 Å². The largest absolute Gasteiger partial charge is 0.377 e. The Kier molecular flexibility index (Phi) is 5.60. The summed E-state index contributed by atoms with van der Waals surface area (Å²) in [6.07, 6.45) is 0.402. The Morgan fingerprint density at radius 2 is 2.27 bits per heavy atom. The maximum absolute atomic E-state index is 10.9. The molecule has 1 atom stereocenters. The third kappa shape index (κ3) is 3.85. The summed E-state index contributed by atoms with van der Waals surface area (Å²) < 4.78 is 9.28. The van der Waals surface area contributed by atoms with Crippen LogP contribution in [0.15, 0.2) is 0 Å².